The van der Waals surface area contributed by atoms with Crippen LogP contribution in [0.2, 0.25) is 0 Å². The molecule has 1 atom stereocenters. The molecular formula is C23H26N4O. The first-order valence-corrected chi connectivity index (χ1v) is 9.66. The number of rotatable bonds is 2. The van der Waals surface area contributed by atoms with Gasteiger partial charge in [-0.15, -0.1) is 0 Å². The molecule has 1 N–H and O–H groups in total. The second-order valence-electron chi connectivity index (χ2n) is 8.26. The van der Waals surface area contributed by atoms with Gasteiger partial charge in [-0.2, -0.15) is 0 Å². The molecule has 2 amide bonds. The van der Waals surface area contributed by atoms with Crippen LogP contribution in [0.5, 0.6) is 0 Å². The Hall–Kier alpha value is -3.08. The maximum Gasteiger partial charge on any atom is 0.322 e. The molecule has 0 fully saturated rings. The van der Waals surface area contributed by atoms with Gasteiger partial charge in [0, 0.05) is 43.1 Å². The zero-order valence-corrected chi connectivity index (χ0v) is 16.6. The van der Waals surface area contributed by atoms with E-state index in [0.717, 1.165) is 23.5 Å². The largest absolute Gasteiger partial charge is 0.348 e. The highest BCUT2D eigenvalue weighted by Crippen LogP contribution is 2.32. The van der Waals surface area contributed by atoms with Gasteiger partial charge in [-0.1, -0.05) is 32.9 Å². The summed E-state index contributed by atoms with van der Waals surface area (Å²) in [6.45, 7) is 8.00. The van der Waals surface area contributed by atoms with Crippen molar-refractivity contribution in [3.8, 4) is 0 Å². The van der Waals surface area contributed by atoms with E-state index in [9.17, 15) is 4.79 Å². The molecule has 0 bridgehead atoms. The van der Waals surface area contributed by atoms with Gasteiger partial charge >= 0.3 is 6.03 Å². The van der Waals surface area contributed by atoms with Crippen molar-refractivity contribution in [1.29, 1.82) is 0 Å². The van der Waals surface area contributed by atoms with E-state index in [1.807, 2.05) is 35.2 Å². The van der Waals surface area contributed by atoms with Crippen molar-refractivity contribution in [2.45, 2.75) is 38.8 Å². The summed E-state index contributed by atoms with van der Waals surface area (Å²) < 4.78 is 2.22. The molecule has 1 aliphatic heterocycles. The second kappa shape index (κ2) is 7.15. The van der Waals surface area contributed by atoms with Crippen LogP contribution in [0.3, 0.4) is 0 Å². The molecule has 1 aliphatic rings. The molecule has 28 heavy (non-hydrogen) atoms. The zero-order valence-electron chi connectivity index (χ0n) is 16.6. The summed E-state index contributed by atoms with van der Waals surface area (Å²) in [6.07, 6.45) is 5.63. The number of nitrogens with zero attached hydrogens (tertiary/aromatic N) is 3. The SMILES string of the molecule is CC(C)(C)c1ccc(NC(=O)N2CCn3cccc3[C@@H]2c2ccncc2)cc1. The van der Waals surface area contributed by atoms with Gasteiger partial charge in [0.15, 0.2) is 0 Å². The van der Waals surface area contributed by atoms with Crippen LogP contribution in [-0.2, 0) is 12.0 Å². The first-order chi connectivity index (χ1) is 13.4. The van der Waals surface area contributed by atoms with E-state index in [2.05, 4.69) is 60.0 Å². The van der Waals surface area contributed by atoms with E-state index < -0.39 is 0 Å². The van der Waals surface area contributed by atoms with Gasteiger partial charge < -0.3 is 14.8 Å². The Morgan fingerprint density at radius 3 is 2.43 bits per heavy atom. The number of carbonyl (C=O) groups excluding carboxylic acids is 1. The topological polar surface area (TPSA) is 50.2 Å². The minimum atomic E-state index is -0.124. The number of nitrogens with one attached hydrogen (secondary N) is 1. The Labute approximate surface area is 166 Å². The van der Waals surface area contributed by atoms with Crippen molar-refractivity contribution in [3.63, 3.8) is 0 Å². The van der Waals surface area contributed by atoms with Crippen molar-refractivity contribution in [3.05, 3.63) is 83.9 Å². The zero-order chi connectivity index (χ0) is 19.7. The number of aromatic nitrogens is 2. The summed E-state index contributed by atoms with van der Waals surface area (Å²) in [5.41, 5.74) is 4.33. The number of fused-ring (bicyclic) bond motifs is 1. The van der Waals surface area contributed by atoms with E-state index >= 15 is 0 Å². The van der Waals surface area contributed by atoms with Gasteiger partial charge in [-0.3, -0.25) is 4.98 Å². The minimum Gasteiger partial charge on any atom is -0.348 e. The van der Waals surface area contributed by atoms with Crippen molar-refractivity contribution in [2.75, 3.05) is 11.9 Å². The number of amides is 2. The lowest BCUT2D eigenvalue weighted by Crippen LogP contribution is -2.44. The molecular weight excluding hydrogens is 348 g/mol. The lowest BCUT2D eigenvalue weighted by atomic mass is 9.87. The number of hydrogen-bond donors (Lipinski definition) is 1. The molecule has 0 spiro atoms. The number of urea groups is 1. The third kappa shape index (κ3) is 3.52. The predicted molar refractivity (Wildman–Crippen MR) is 111 cm³/mol. The van der Waals surface area contributed by atoms with Gasteiger partial charge in [-0.25, -0.2) is 4.79 Å². The average Bonchev–Trinajstić information content (AvgIpc) is 3.16. The predicted octanol–water partition coefficient (Wildman–Crippen LogP) is 4.82. The van der Waals surface area contributed by atoms with Crippen LogP contribution in [-0.4, -0.2) is 27.0 Å². The van der Waals surface area contributed by atoms with E-state index in [0.29, 0.717) is 6.54 Å². The number of anilines is 1. The Balaban J connectivity index is 1.59. The highest BCUT2D eigenvalue weighted by Gasteiger charge is 2.32. The molecule has 1 aromatic carbocycles. The van der Waals surface area contributed by atoms with Crippen LogP contribution >= 0.6 is 0 Å². The summed E-state index contributed by atoms with van der Waals surface area (Å²) >= 11 is 0. The number of benzene rings is 1. The number of pyridine rings is 1. The van der Waals surface area contributed by atoms with Crippen LogP contribution in [0.25, 0.3) is 0 Å². The average molecular weight is 374 g/mol. The normalized spacial score (nSPS) is 16.5. The van der Waals surface area contributed by atoms with E-state index in [4.69, 9.17) is 0 Å². The Bertz CT molecular complexity index is 954. The van der Waals surface area contributed by atoms with Gasteiger partial charge in [0.05, 0.1) is 6.04 Å². The molecule has 0 saturated heterocycles. The fourth-order valence-electron chi connectivity index (χ4n) is 3.75. The van der Waals surface area contributed by atoms with Crippen molar-refractivity contribution in [2.24, 2.45) is 0 Å². The van der Waals surface area contributed by atoms with Gasteiger partial charge in [-0.05, 0) is 52.9 Å². The van der Waals surface area contributed by atoms with Crippen LogP contribution in [0, 0.1) is 0 Å². The molecule has 0 radical (unpaired) electrons. The highest BCUT2D eigenvalue weighted by molar-refractivity contribution is 5.90. The lowest BCUT2D eigenvalue weighted by molar-refractivity contribution is 0.182. The van der Waals surface area contributed by atoms with Gasteiger partial charge in [0.1, 0.15) is 0 Å². The maximum absolute atomic E-state index is 13.2. The van der Waals surface area contributed by atoms with Crippen molar-refractivity contribution < 1.29 is 4.79 Å². The van der Waals surface area contributed by atoms with E-state index in [-0.39, 0.29) is 17.5 Å². The molecule has 3 heterocycles. The summed E-state index contributed by atoms with van der Waals surface area (Å²) in [5, 5.41) is 3.08. The van der Waals surface area contributed by atoms with Gasteiger partial charge in [0.25, 0.3) is 0 Å². The quantitative estimate of drug-likeness (QED) is 0.699. The van der Waals surface area contributed by atoms with E-state index in [1.54, 1.807) is 12.4 Å². The van der Waals surface area contributed by atoms with Gasteiger partial charge in [0.2, 0.25) is 0 Å². The fourth-order valence-corrected chi connectivity index (χ4v) is 3.75. The van der Waals surface area contributed by atoms with Crippen LogP contribution in [0.15, 0.2) is 67.1 Å². The Morgan fingerprint density at radius 1 is 1.04 bits per heavy atom. The molecule has 2 aromatic heterocycles. The number of carbonyl (C=O) groups is 1. The standard InChI is InChI=1S/C23H26N4O/c1-23(2,3)18-6-8-19(9-7-18)25-22(28)27-16-15-26-14-4-5-20(26)21(27)17-10-12-24-13-11-17/h4-14,21H,15-16H2,1-3H3,(H,25,28)/t21-/m0/s1. The Morgan fingerprint density at radius 2 is 1.75 bits per heavy atom. The number of hydrogen-bond acceptors (Lipinski definition) is 2. The molecule has 144 valence electrons. The maximum atomic E-state index is 13.2. The first-order valence-electron chi connectivity index (χ1n) is 9.66. The molecule has 5 heteroatoms. The highest BCUT2D eigenvalue weighted by atomic mass is 16.2. The van der Waals surface area contributed by atoms with Crippen molar-refractivity contribution in [1.82, 2.24) is 14.5 Å². The summed E-state index contributed by atoms with van der Waals surface area (Å²) in [4.78, 5) is 19.2. The van der Waals surface area contributed by atoms with E-state index in [1.165, 1.54) is 5.56 Å². The monoisotopic (exact) mass is 374 g/mol. The molecule has 5 nitrogen and oxygen atoms in total. The summed E-state index contributed by atoms with van der Waals surface area (Å²) in [6, 6.07) is 16.0. The second-order valence-corrected chi connectivity index (χ2v) is 8.26. The molecule has 3 aromatic rings. The van der Waals surface area contributed by atoms with Crippen LogP contribution in [0.1, 0.15) is 43.6 Å². The van der Waals surface area contributed by atoms with Crippen molar-refractivity contribution >= 4 is 11.7 Å². The molecule has 0 unspecified atom stereocenters. The van der Waals surface area contributed by atoms with Crippen LogP contribution in [0.4, 0.5) is 10.5 Å². The summed E-state index contributed by atoms with van der Waals surface area (Å²) in [5.74, 6) is 0. The minimum absolute atomic E-state index is 0.0854. The smallest absolute Gasteiger partial charge is 0.322 e. The summed E-state index contributed by atoms with van der Waals surface area (Å²) in [7, 11) is 0. The lowest BCUT2D eigenvalue weighted by Gasteiger charge is -2.37. The Kier molecular flexibility index (Phi) is 4.67. The molecule has 0 aliphatic carbocycles. The molecule has 0 saturated carbocycles. The first kappa shape index (κ1) is 18.3. The third-order valence-electron chi connectivity index (χ3n) is 5.32. The third-order valence-corrected chi connectivity index (χ3v) is 5.32. The fraction of sp³-hybridized carbons (Fsp3) is 0.304. The van der Waals surface area contributed by atoms with Crippen LogP contribution < -0.4 is 5.32 Å². The molecule has 4 rings (SSSR count).